The molecule has 1 N–H and O–H groups in total. The van der Waals surface area contributed by atoms with E-state index in [0.29, 0.717) is 0 Å². The molecule has 0 aromatic rings. The fourth-order valence-electron chi connectivity index (χ4n) is 3.34. The van der Waals surface area contributed by atoms with E-state index in [-0.39, 0.29) is 17.0 Å². The van der Waals surface area contributed by atoms with Crippen molar-refractivity contribution in [2.45, 2.75) is 96.8 Å². The molecule has 0 radical (unpaired) electrons. The predicted octanol–water partition coefficient (Wildman–Crippen LogP) is 1.37. The van der Waals surface area contributed by atoms with Crippen LogP contribution in [0, 0.1) is 0 Å². The molecule has 0 aliphatic carbocycles. The van der Waals surface area contributed by atoms with Gasteiger partial charge in [0.25, 0.3) is 0 Å². The summed E-state index contributed by atoms with van der Waals surface area (Å²) >= 11 is 0. The molecule has 0 bridgehead atoms. The van der Waals surface area contributed by atoms with Crippen LogP contribution < -0.4 is 21.9 Å². The average Bonchev–Trinajstić information content (AvgIpc) is 2.46. The Kier molecular flexibility index (Phi) is 16.2. The summed E-state index contributed by atoms with van der Waals surface area (Å²) in [6.07, 6.45) is 20.6. The first-order chi connectivity index (χ1) is 9.43. The van der Waals surface area contributed by atoms with E-state index >= 15 is 0 Å². The molecule has 0 atom stereocenters. The third-order valence-corrected chi connectivity index (χ3v) is 4.69. The number of likely N-dealkylation sites (tertiary alicyclic amines) is 1. The van der Waals surface area contributed by atoms with Gasteiger partial charge in [0.2, 0.25) is 0 Å². The lowest BCUT2D eigenvalue weighted by Crippen LogP contribution is -3.12. The summed E-state index contributed by atoms with van der Waals surface area (Å²) in [6.45, 7) is 6.66. The first-order valence-electron chi connectivity index (χ1n) is 9.27. The van der Waals surface area contributed by atoms with Crippen molar-refractivity contribution < 1.29 is 21.9 Å². The zero-order chi connectivity index (χ0) is 13.6. The molecule has 0 aromatic heterocycles. The van der Waals surface area contributed by atoms with Crippen LogP contribution in [0.2, 0.25) is 0 Å². The Morgan fingerprint density at radius 1 is 0.600 bits per heavy atom. The maximum absolute atomic E-state index is 2.30. The van der Waals surface area contributed by atoms with Crippen LogP contribution in [0.3, 0.4) is 0 Å². The molecule has 1 aliphatic rings. The normalized spacial score (nSPS) is 16.1. The largest absolute Gasteiger partial charge is 1.00 e. The number of hydrogen-bond acceptors (Lipinski definition) is 0. The van der Waals surface area contributed by atoms with Gasteiger partial charge in [0.1, 0.15) is 0 Å². The number of quaternary nitrogens is 1. The average molecular weight is 348 g/mol. The van der Waals surface area contributed by atoms with Crippen LogP contribution in [0.25, 0.3) is 0 Å². The second kappa shape index (κ2) is 15.8. The lowest BCUT2D eigenvalue weighted by molar-refractivity contribution is -0.905. The minimum atomic E-state index is 0. The fraction of sp³-hybridized carbons (Fsp3) is 1.00. The van der Waals surface area contributed by atoms with Crippen LogP contribution in [0.1, 0.15) is 96.8 Å². The van der Waals surface area contributed by atoms with Gasteiger partial charge in [-0.1, -0.05) is 64.7 Å². The van der Waals surface area contributed by atoms with Gasteiger partial charge in [-0.25, -0.2) is 0 Å². The molecule has 1 saturated heterocycles. The molecule has 1 nitrogen and oxygen atoms in total. The summed E-state index contributed by atoms with van der Waals surface area (Å²) in [7, 11) is 0. The first-order valence-corrected chi connectivity index (χ1v) is 9.27. The third-order valence-electron chi connectivity index (χ3n) is 4.69. The quantitative estimate of drug-likeness (QED) is 0.508. The summed E-state index contributed by atoms with van der Waals surface area (Å²) in [4.78, 5) is 1.89. The van der Waals surface area contributed by atoms with Crippen LogP contribution >= 0.6 is 0 Å². The maximum atomic E-state index is 2.30. The van der Waals surface area contributed by atoms with Crippen molar-refractivity contribution in [2.24, 2.45) is 0 Å². The number of unbranched alkanes of at least 4 members (excludes halogenated alkanes) is 10. The van der Waals surface area contributed by atoms with Gasteiger partial charge in [-0.3, -0.25) is 0 Å². The van der Waals surface area contributed by atoms with Crippen LogP contribution in [-0.4, -0.2) is 19.6 Å². The van der Waals surface area contributed by atoms with Gasteiger partial charge in [-0.05, 0) is 32.1 Å². The van der Waals surface area contributed by atoms with Gasteiger partial charge >= 0.3 is 0 Å². The zero-order valence-electron chi connectivity index (χ0n) is 13.9. The number of hydrogen-bond donors (Lipinski definition) is 1. The Morgan fingerprint density at radius 3 is 1.55 bits per heavy atom. The molecular weight excluding hydrogens is 310 g/mol. The molecule has 0 aromatic carbocycles. The van der Waals surface area contributed by atoms with Crippen molar-refractivity contribution in [2.75, 3.05) is 19.6 Å². The van der Waals surface area contributed by atoms with E-state index in [1.807, 2.05) is 4.90 Å². The van der Waals surface area contributed by atoms with Gasteiger partial charge < -0.3 is 21.9 Å². The predicted molar refractivity (Wildman–Crippen MR) is 85.9 cm³/mol. The number of nitrogens with one attached hydrogen (secondary N) is 1. The first kappa shape index (κ1) is 20.4. The molecule has 122 valence electrons. The molecular formula is C18H38BrN. The molecule has 2 heteroatoms. The molecule has 0 amide bonds. The Balaban J connectivity index is 0.00000361. The van der Waals surface area contributed by atoms with Gasteiger partial charge in [0.05, 0.1) is 19.6 Å². The molecule has 0 unspecified atom stereocenters. The molecule has 20 heavy (non-hydrogen) atoms. The summed E-state index contributed by atoms with van der Waals surface area (Å²) in [5.74, 6) is 0. The van der Waals surface area contributed by atoms with Gasteiger partial charge in [0, 0.05) is 0 Å². The minimum Gasteiger partial charge on any atom is -1.00 e. The maximum Gasteiger partial charge on any atom is 0.0770 e. The smallest absolute Gasteiger partial charge is 0.0770 e. The van der Waals surface area contributed by atoms with Crippen molar-refractivity contribution in [3.63, 3.8) is 0 Å². The van der Waals surface area contributed by atoms with E-state index < -0.39 is 0 Å². The highest BCUT2D eigenvalue weighted by atomic mass is 79.9. The Hall–Kier alpha value is 0.440. The summed E-state index contributed by atoms with van der Waals surface area (Å²) in [5.41, 5.74) is 0. The van der Waals surface area contributed by atoms with Gasteiger partial charge in [-0.15, -0.1) is 0 Å². The topological polar surface area (TPSA) is 4.44 Å². The Morgan fingerprint density at radius 2 is 1.05 bits per heavy atom. The second-order valence-electron chi connectivity index (χ2n) is 6.60. The fourth-order valence-corrected chi connectivity index (χ4v) is 3.34. The monoisotopic (exact) mass is 347 g/mol. The molecule has 0 saturated carbocycles. The SMILES string of the molecule is CCCCCCCCCCCCC[NH+]1CCCCC1.[Br-]. The summed E-state index contributed by atoms with van der Waals surface area (Å²) in [6, 6.07) is 0. The van der Waals surface area contributed by atoms with Crippen molar-refractivity contribution >= 4 is 0 Å². The van der Waals surface area contributed by atoms with E-state index in [9.17, 15) is 0 Å². The number of rotatable bonds is 12. The van der Waals surface area contributed by atoms with E-state index in [1.54, 1.807) is 0 Å². The van der Waals surface area contributed by atoms with Crippen molar-refractivity contribution in [1.29, 1.82) is 0 Å². The Bertz CT molecular complexity index is 178. The van der Waals surface area contributed by atoms with Gasteiger partial charge in [-0.2, -0.15) is 0 Å². The van der Waals surface area contributed by atoms with Crippen molar-refractivity contribution in [3.05, 3.63) is 0 Å². The number of piperidine rings is 1. The summed E-state index contributed by atoms with van der Waals surface area (Å²) < 4.78 is 0. The lowest BCUT2D eigenvalue weighted by atomic mass is 10.1. The van der Waals surface area contributed by atoms with Crippen molar-refractivity contribution in [1.82, 2.24) is 0 Å². The molecule has 1 fully saturated rings. The standard InChI is InChI=1S/C18H37N.BrH/c1-2-3-4-5-6-7-8-9-10-11-13-16-19-17-14-12-15-18-19;/h2-18H2,1H3;1H. The highest BCUT2D eigenvalue weighted by molar-refractivity contribution is 4.49. The van der Waals surface area contributed by atoms with Crippen LogP contribution in [0.15, 0.2) is 0 Å². The molecule has 1 rings (SSSR count). The second-order valence-corrected chi connectivity index (χ2v) is 6.60. The van der Waals surface area contributed by atoms with E-state index in [0.717, 1.165) is 0 Å². The van der Waals surface area contributed by atoms with Crippen LogP contribution in [0.4, 0.5) is 0 Å². The Labute approximate surface area is 138 Å². The molecule has 1 heterocycles. The highest BCUT2D eigenvalue weighted by Crippen LogP contribution is 2.10. The van der Waals surface area contributed by atoms with Crippen molar-refractivity contribution in [3.8, 4) is 0 Å². The zero-order valence-corrected chi connectivity index (χ0v) is 15.5. The molecule has 0 spiro atoms. The lowest BCUT2D eigenvalue weighted by Gasteiger charge is -2.23. The van der Waals surface area contributed by atoms with E-state index in [1.165, 1.54) is 110 Å². The summed E-state index contributed by atoms with van der Waals surface area (Å²) in [5, 5.41) is 0. The van der Waals surface area contributed by atoms with E-state index in [2.05, 4.69) is 6.92 Å². The van der Waals surface area contributed by atoms with E-state index in [4.69, 9.17) is 0 Å². The minimum absolute atomic E-state index is 0. The van der Waals surface area contributed by atoms with Crippen LogP contribution in [0.5, 0.6) is 0 Å². The van der Waals surface area contributed by atoms with Gasteiger partial charge in [0.15, 0.2) is 0 Å². The molecule has 1 aliphatic heterocycles. The third kappa shape index (κ3) is 12.2. The number of halogens is 1. The van der Waals surface area contributed by atoms with Crippen LogP contribution in [-0.2, 0) is 0 Å². The highest BCUT2D eigenvalue weighted by Gasteiger charge is 2.11.